The number of rotatable bonds is 7. The highest BCUT2D eigenvalue weighted by Crippen LogP contribution is 2.27. The van der Waals surface area contributed by atoms with Crippen LogP contribution in [0.5, 0.6) is 0 Å². The topological polar surface area (TPSA) is 86.7 Å². The first-order valence-electron chi connectivity index (χ1n) is 11.1. The Hall–Kier alpha value is -3.41. The van der Waals surface area contributed by atoms with E-state index in [1.165, 1.54) is 18.4 Å². The average Bonchev–Trinajstić information content (AvgIpc) is 3.54. The van der Waals surface area contributed by atoms with Crippen LogP contribution in [0.3, 0.4) is 0 Å². The zero-order valence-corrected chi connectivity index (χ0v) is 18.2. The average molecular weight is 435 g/mol. The smallest absolute Gasteiger partial charge is 0.290 e. The standard InChI is InChI=1S/C25H28N2O2.CH2O2/c28-24(13-10-19-4-2-1-3-5-19)27-15-14-22(18-27)16-20-8-11-23(12-9-20)25(29)26-17-21-6-7-21;2-1-3/h1-5,8-13,21-22H,6-7,14-18H2,(H,26,29);1H,(H,2,3). The highest BCUT2D eigenvalue weighted by atomic mass is 16.3. The number of nitrogens with one attached hydrogen (secondary N) is 1. The number of likely N-dealkylation sites (tertiary alicyclic amines) is 1. The third-order valence-corrected chi connectivity index (χ3v) is 5.80. The van der Waals surface area contributed by atoms with E-state index in [-0.39, 0.29) is 18.3 Å². The molecule has 1 heterocycles. The highest BCUT2D eigenvalue weighted by molar-refractivity contribution is 5.94. The van der Waals surface area contributed by atoms with Gasteiger partial charge >= 0.3 is 0 Å². The van der Waals surface area contributed by atoms with Crippen LogP contribution in [0.2, 0.25) is 0 Å². The fourth-order valence-electron chi connectivity index (χ4n) is 3.82. The molecular formula is C26H30N2O4. The summed E-state index contributed by atoms with van der Waals surface area (Å²) in [5.74, 6) is 1.26. The lowest BCUT2D eigenvalue weighted by Crippen LogP contribution is -2.27. The van der Waals surface area contributed by atoms with Crippen LogP contribution in [0.25, 0.3) is 6.08 Å². The number of carbonyl (C=O) groups is 3. The molecule has 2 aliphatic rings. The predicted octanol–water partition coefficient (Wildman–Crippen LogP) is 3.63. The molecule has 0 bridgehead atoms. The summed E-state index contributed by atoms with van der Waals surface area (Å²) in [6, 6.07) is 17.8. The van der Waals surface area contributed by atoms with Gasteiger partial charge in [-0.3, -0.25) is 14.4 Å². The Morgan fingerprint density at radius 1 is 1.00 bits per heavy atom. The number of benzene rings is 2. The molecule has 1 atom stereocenters. The lowest BCUT2D eigenvalue weighted by Gasteiger charge is -2.14. The normalized spacial score (nSPS) is 17.5. The van der Waals surface area contributed by atoms with E-state index in [0.717, 1.165) is 43.6 Å². The first-order chi connectivity index (χ1) is 15.6. The number of amides is 2. The molecule has 1 saturated carbocycles. The summed E-state index contributed by atoms with van der Waals surface area (Å²) in [5.41, 5.74) is 2.99. The molecule has 2 amide bonds. The minimum Gasteiger partial charge on any atom is -0.483 e. The molecule has 1 aliphatic heterocycles. The van der Waals surface area contributed by atoms with Crippen molar-refractivity contribution < 1.29 is 19.5 Å². The second-order valence-corrected chi connectivity index (χ2v) is 8.34. The SMILES string of the molecule is O=C(NCC1CC1)c1ccc(CC2CCN(C(=O)C=Cc3ccccc3)C2)cc1.O=CO. The largest absolute Gasteiger partial charge is 0.483 e. The first kappa shape index (κ1) is 23.3. The molecule has 2 N–H and O–H groups in total. The van der Waals surface area contributed by atoms with Gasteiger partial charge in [0.1, 0.15) is 0 Å². The maximum atomic E-state index is 12.4. The molecule has 168 valence electrons. The Bertz CT molecular complexity index is 921. The van der Waals surface area contributed by atoms with Gasteiger partial charge in [0.05, 0.1) is 0 Å². The Morgan fingerprint density at radius 3 is 2.34 bits per heavy atom. The van der Waals surface area contributed by atoms with Crippen molar-refractivity contribution >= 4 is 24.4 Å². The van der Waals surface area contributed by atoms with Crippen molar-refractivity contribution in [3.8, 4) is 0 Å². The van der Waals surface area contributed by atoms with Gasteiger partial charge in [0.2, 0.25) is 5.91 Å². The number of nitrogens with zero attached hydrogens (tertiary/aromatic N) is 1. The van der Waals surface area contributed by atoms with Gasteiger partial charge in [0.15, 0.2) is 0 Å². The van der Waals surface area contributed by atoms with Gasteiger partial charge in [0, 0.05) is 31.3 Å². The molecule has 0 radical (unpaired) electrons. The van der Waals surface area contributed by atoms with E-state index < -0.39 is 0 Å². The molecule has 0 spiro atoms. The number of hydrogen-bond donors (Lipinski definition) is 2. The van der Waals surface area contributed by atoms with E-state index in [1.807, 2.05) is 65.6 Å². The predicted molar refractivity (Wildman–Crippen MR) is 124 cm³/mol. The van der Waals surface area contributed by atoms with E-state index in [4.69, 9.17) is 9.90 Å². The molecule has 0 aromatic heterocycles. The quantitative estimate of drug-likeness (QED) is 0.515. The molecule has 1 aliphatic carbocycles. The van der Waals surface area contributed by atoms with Crippen molar-refractivity contribution in [3.63, 3.8) is 0 Å². The fourth-order valence-corrected chi connectivity index (χ4v) is 3.82. The fraction of sp³-hybridized carbons (Fsp3) is 0.346. The van der Waals surface area contributed by atoms with Crippen molar-refractivity contribution in [1.82, 2.24) is 10.2 Å². The van der Waals surface area contributed by atoms with E-state index in [9.17, 15) is 9.59 Å². The second kappa shape index (κ2) is 11.8. The molecule has 1 saturated heterocycles. The van der Waals surface area contributed by atoms with Crippen LogP contribution in [0.1, 0.15) is 40.7 Å². The van der Waals surface area contributed by atoms with E-state index in [1.54, 1.807) is 6.08 Å². The molecule has 2 aromatic rings. The lowest BCUT2D eigenvalue weighted by atomic mass is 9.98. The minimum absolute atomic E-state index is 0.0197. The van der Waals surface area contributed by atoms with Gasteiger partial charge in [-0.15, -0.1) is 0 Å². The van der Waals surface area contributed by atoms with Gasteiger partial charge in [-0.1, -0.05) is 42.5 Å². The summed E-state index contributed by atoms with van der Waals surface area (Å²) in [5, 5.41) is 9.89. The maximum absolute atomic E-state index is 12.4. The first-order valence-corrected chi connectivity index (χ1v) is 11.1. The summed E-state index contributed by atoms with van der Waals surface area (Å²) in [6.07, 6.45) is 7.99. The van der Waals surface area contributed by atoms with Crippen molar-refractivity contribution in [1.29, 1.82) is 0 Å². The van der Waals surface area contributed by atoms with Gasteiger partial charge in [-0.2, -0.15) is 0 Å². The lowest BCUT2D eigenvalue weighted by molar-refractivity contribution is -0.125. The van der Waals surface area contributed by atoms with Crippen LogP contribution in [0, 0.1) is 11.8 Å². The van der Waals surface area contributed by atoms with Gasteiger partial charge in [-0.25, -0.2) is 0 Å². The Labute approximate surface area is 188 Å². The van der Waals surface area contributed by atoms with Crippen LogP contribution >= 0.6 is 0 Å². The Balaban J connectivity index is 0.000000913. The number of carboxylic acid groups (broad SMARTS) is 1. The molecular weight excluding hydrogens is 404 g/mol. The third kappa shape index (κ3) is 7.38. The molecule has 1 unspecified atom stereocenters. The zero-order chi connectivity index (χ0) is 22.8. The third-order valence-electron chi connectivity index (χ3n) is 5.80. The monoisotopic (exact) mass is 434 g/mol. The van der Waals surface area contributed by atoms with Gasteiger partial charge in [0.25, 0.3) is 12.4 Å². The van der Waals surface area contributed by atoms with Crippen LogP contribution in [-0.2, 0) is 16.0 Å². The van der Waals surface area contributed by atoms with E-state index in [0.29, 0.717) is 11.8 Å². The molecule has 4 rings (SSSR count). The Morgan fingerprint density at radius 2 is 1.69 bits per heavy atom. The second-order valence-electron chi connectivity index (χ2n) is 8.34. The summed E-state index contributed by atoms with van der Waals surface area (Å²) in [6.45, 7) is 2.15. The van der Waals surface area contributed by atoms with E-state index in [2.05, 4.69) is 5.32 Å². The van der Waals surface area contributed by atoms with Crippen LogP contribution in [-0.4, -0.2) is 47.9 Å². The summed E-state index contributed by atoms with van der Waals surface area (Å²) in [7, 11) is 0. The van der Waals surface area contributed by atoms with Crippen LogP contribution in [0.15, 0.2) is 60.7 Å². The molecule has 32 heavy (non-hydrogen) atoms. The van der Waals surface area contributed by atoms with Crippen LogP contribution in [0.4, 0.5) is 0 Å². The zero-order valence-electron chi connectivity index (χ0n) is 18.2. The Kier molecular flexibility index (Phi) is 8.61. The summed E-state index contributed by atoms with van der Waals surface area (Å²) >= 11 is 0. The molecule has 6 heteroatoms. The maximum Gasteiger partial charge on any atom is 0.290 e. The van der Waals surface area contributed by atoms with Crippen molar-refractivity contribution in [2.45, 2.75) is 25.7 Å². The highest BCUT2D eigenvalue weighted by Gasteiger charge is 2.25. The van der Waals surface area contributed by atoms with Gasteiger partial charge in [-0.05, 0) is 66.9 Å². The van der Waals surface area contributed by atoms with Crippen LogP contribution < -0.4 is 5.32 Å². The van der Waals surface area contributed by atoms with Crippen molar-refractivity contribution in [2.75, 3.05) is 19.6 Å². The molecule has 2 aromatic carbocycles. The summed E-state index contributed by atoms with van der Waals surface area (Å²) in [4.78, 5) is 34.9. The summed E-state index contributed by atoms with van der Waals surface area (Å²) < 4.78 is 0. The number of hydrogen-bond acceptors (Lipinski definition) is 3. The molecule has 6 nitrogen and oxygen atoms in total. The van der Waals surface area contributed by atoms with E-state index >= 15 is 0 Å². The number of carbonyl (C=O) groups excluding carboxylic acids is 2. The van der Waals surface area contributed by atoms with Crippen molar-refractivity contribution in [3.05, 3.63) is 77.4 Å². The van der Waals surface area contributed by atoms with Gasteiger partial charge < -0.3 is 15.3 Å². The molecule has 2 fully saturated rings. The van der Waals surface area contributed by atoms with Crippen molar-refractivity contribution in [2.24, 2.45) is 11.8 Å². The minimum atomic E-state index is -0.250.